The van der Waals surface area contributed by atoms with E-state index in [9.17, 15) is 9.90 Å². The largest absolute Gasteiger partial charge is 0.388 e. The summed E-state index contributed by atoms with van der Waals surface area (Å²) in [4.78, 5) is 17.5. The molecule has 2 heterocycles. The molecule has 8 heteroatoms. The lowest BCUT2D eigenvalue weighted by molar-refractivity contribution is -0.158. The molecule has 1 aromatic rings. The molecule has 0 spiro atoms. The van der Waals surface area contributed by atoms with E-state index in [0.717, 1.165) is 0 Å². The van der Waals surface area contributed by atoms with Crippen molar-refractivity contribution in [3.8, 4) is 0 Å². The second kappa shape index (κ2) is 6.78. The van der Waals surface area contributed by atoms with E-state index in [2.05, 4.69) is 10.1 Å². The number of aryl methyl sites for hydroxylation is 1. The minimum Gasteiger partial charge on any atom is -0.388 e. The van der Waals surface area contributed by atoms with Crippen LogP contribution in [0.25, 0.3) is 0 Å². The van der Waals surface area contributed by atoms with Crippen LogP contribution in [0, 0.1) is 0 Å². The molecular formula is C12H20N4O4. The van der Waals surface area contributed by atoms with Crippen LogP contribution in [0.15, 0.2) is 12.7 Å². The Kier molecular flexibility index (Phi) is 5.05. The summed E-state index contributed by atoms with van der Waals surface area (Å²) in [6, 6.07) is -0.392. The van der Waals surface area contributed by atoms with Gasteiger partial charge in [-0.05, 0) is 0 Å². The number of nitrogens with zero attached hydrogens (tertiary/aromatic N) is 4. The summed E-state index contributed by atoms with van der Waals surface area (Å²) in [7, 11) is 3.19. The normalized spacial score (nSPS) is 26.4. The number of aliphatic hydroxyl groups excluding tert-OH is 1. The molecule has 1 fully saturated rings. The van der Waals surface area contributed by atoms with E-state index in [1.165, 1.54) is 18.3 Å². The Morgan fingerprint density at radius 2 is 2.40 bits per heavy atom. The summed E-state index contributed by atoms with van der Waals surface area (Å²) in [5, 5.41) is 14.1. The van der Waals surface area contributed by atoms with Gasteiger partial charge >= 0.3 is 0 Å². The Morgan fingerprint density at radius 3 is 3.05 bits per heavy atom. The molecule has 1 aliphatic rings. The fraction of sp³-hybridized carbons (Fsp3) is 0.750. The number of carbonyl (C=O) groups is 1. The average Bonchev–Trinajstić information content (AvgIpc) is 2.97. The summed E-state index contributed by atoms with van der Waals surface area (Å²) in [6.45, 7) is 1.11. The van der Waals surface area contributed by atoms with Crippen molar-refractivity contribution in [1.82, 2.24) is 19.7 Å². The van der Waals surface area contributed by atoms with Crippen LogP contribution in [-0.4, -0.2) is 76.3 Å². The molecule has 0 saturated carbocycles. The molecule has 1 amide bonds. The fourth-order valence-electron chi connectivity index (χ4n) is 2.22. The highest BCUT2D eigenvalue weighted by Crippen LogP contribution is 2.16. The average molecular weight is 284 g/mol. The van der Waals surface area contributed by atoms with Gasteiger partial charge in [0.2, 0.25) is 5.91 Å². The van der Waals surface area contributed by atoms with Gasteiger partial charge in [-0.3, -0.25) is 9.48 Å². The first-order valence-corrected chi connectivity index (χ1v) is 6.50. The number of methoxy groups -OCH3 is 1. The van der Waals surface area contributed by atoms with Gasteiger partial charge in [0.15, 0.2) is 0 Å². The van der Waals surface area contributed by atoms with Crippen LogP contribution in [0.1, 0.15) is 6.42 Å². The third kappa shape index (κ3) is 3.33. The lowest BCUT2D eigenvalue weighted by atomic mass is 10.0. The number of rotatable bonds is 5. The van der Waals surface area contributed by atoms with Gasteiger partial charge in [0, 0.05) is 20.6 Å². The van der Waals surface area contributed by atoms with Crippen molar-refractivity contribution in [2.24, 2.45) is 0 Å². The standard InChI is InChI=1S/C12H20N4O4/c1-15(9-5-20-6-10(19-2)12(9)18)11(17)3-4-16-8-13-7-14-16/h7-10,12,18H,3-6H2,1-2H3/t9-,10-,12+/m1/s1. The Bertz CT molecular complexity index is 425. The maximum Gasteiger partial charge on any atom is 0.224 e. The molecule has 8 nitrogen and oxygen atoms in total. The van der Waals surface area contributed by atoms with Crippen LogP contribution in [0.2, 0.25) is 0 Å². The molecule has 2 rings (SSSR count). The van der Waals surface area contributed by atoms with E-state index >= 15 is 0 Å². The van der Waals surface area contributed by atoms with Crippen LogP contribution in [0.5, 0.6) is 0 Å². The number of aliphatic hydroxyl groups is 1. The summed E-state index contributed by atoms with van der Waals surface area (Å²) < 4.78 is 12.1. The third-order valence-corrected chi connectivity index (χ3v) is 3.56. The van der Waals surface area contributed by atoms with E-state index in [1.54, 1.807) is 18.1 Å². The van der Waals surface area contributed by atoms with Crippen molar-refractivity contribution >= 4 is 5.91 Å². The van der Waals surface area contributed by atoms with Gasteiger partial charge in [-0.25, -0.2) is 4.98 Å². The summed E-state index contributed by atoms with van der Waals surface area (Å²) in [5.41, 5.74) is 0. The number of hydrogen-bond donors (Lipinski definition) is 1. The molecule has 1 aliphatic heterocycles. The van der Waals surface area contributed by atoms with Gasteiger partial charge in [0.25, 0.3) is 0 Å². The van der Waals surface area contributed by atoms with E-state index < -0.39 is 18.2 Å². The van der Waals surface area contributed by atoms with Crippen LogP contribution >= 0.6 is 0 Å². The molecular weight excluding hydrogens is 264 g/mol. The Hall–Kier alpha value is -1.51. The minimum atomic E-state index is -0.742. The molecule has 1 N–H and O–H groups in total. The van der Waals surface area contributed by atoms with Crippen molar-refractivity contribution in [3.05, 3.63) is 12.7 Å². The van der Waals surface area contributed by atoms with Gasteiger partial charge in [-0.15, -0.1) is 0 Å². The Balaban J connectivity index is 1.88. The SMILES string of the molecule is CO[C@@H]1COC[C@@H](N(C)C(=O)CCn2cncn2)[C@@H]1O. The first-order valence-electron chi connectivity index (χ1n) is 6.50. The quantitative estimate of drug-likeness (QED) is 0.738. The minimum absolute atomic E-state index is 0.0788. The highest BCUT2D eigenvalue weighted by atomic mass is 16.5. The van der Waals surface area contributed by atoms with E-state index in [4.69, 9.17) is 9.47 Å². The number of hydrogen-bond acceptors (Lipinski definition) is 6. The molecule has 20 heavy (non-hydrogen) atoms. The van der Waals surface area contributed by atoms with Crippen molar-refractivity contribution in [1.29, 1.82) is 0 Å². The van der Waals surface area contributed by atoms with Gasteiger partial charge < -0.3 is 19.5 Å². The molecule has 0 radical (unpaired) electrons. The smallest absolute Gasteiger partial charge is 0.224 e. The zero-order valence-corrected chi connectivity index (χ0v) is 11.7. The van der Waals surface area contributed by atoms with E-state index in [0.29, 0.717) is 26.2 Å². The predicted molar refractivity (Wildman–Crippen MR) is 68.8 cm³/mol. The van der Waals surface area contributed by atoms with Gasteiger partial charge in [-0.2, -0.15) is 5.10 Å². The topological polar surface area (TPSA) is 89.7 Å². The van der Waals surface area contributed by atoms with Gasteiger partial charge in [0.1, 0.15) is 24.9 Å². The van der Waals surface area contributed by atoms with Crippen LogP contribution < -0.4 is 0 Å². The second-order valence-corrected chi connectivity index (χ2v) is 4.78. The Labute approximate surface area is 117 Å². The van der Waals surface area contributed by atoms with Crippen molar-refractivity contribution in [3.63, 3.8) is 0 Å². The van der Waals surface area contributed by atoms with Crippen LogP contribution in [0.4, 0.5) is 0 Å². The van der Waals surface area contributed by atoms with Crippen molar-refractivity contribution < 1.29 is 19.4 Å². The zero-order valence-electron chi connectivity index (χ0n) is 11.7. The molecule has 112 valence electrons. The summed E-state index contributed by atoms with van der Waals surface area (Å²) >= 11 is 0. The number of carbonyl (C=O) groups excluding carboxylic acids is 1. The molecule has 0 bridgehead atoms. The van der Waals surface area contributed by atoms with Crippen LogP contribution in [0.3, 0.4) is 0 Å². The highest BCUT2D eigenvalue weighted by Gasteiger charge is 2.36. The molecule has 0 aliphatic carbocycles. The number of amides is 1. The molecule has 1 saturated heterocycles. The molecule has 3 atom stereocenters. The van der Waals surface area contributed by atoms with Crippen molar-refractivity contribution in [2.45, 2.75) is 31.2 Å². The predicted octanol–water partition coefficient (Wildman–Crippen LogP) is -1.10. The number of likely N-dealkylation sites (N-methyl/N-ethyl adjacent to an activating group) is 1. The summed E-state index contributed by atoms with van der Waals surface area (Å²) in [6.07, 6.45) is 2.14. The Morgan fingerprint density at radius 1 is 1.60 bits per heavy atom. The summed E-state index contributed by atoms with van der Waals surface area (Å²) in [5.74, 6) is -0.0788. The first-order chi connectivity index (χ1) is 9.63. The maximum atomic E-state index is 12.1. The number of aromatic nitrogens is 3. The maximum absolute atomic E-state index is 12.1. The lowest BCUT2D eigenvalue weighted by Gasteiger charge is -2.38. The fourth-order valence-corrected chi connectivity index (χ4v) is 2.22. The monoisotopic (exact) mass is 284 g/mol. The second-order valence-electron chi connectivity index (χ2n) is 4.78. The van der Waals surface area contributed by atoms with Crippen molar-refractivity contribution in [2.75, 3.05) is 27.4 Å². The van der Waals surface area contributed by atoms with Crippen LogP contribution in [-0.2, 0) is 20.8 Å². The zero-order chi connectivity index (χ0) is 14.5. The molecule has 0 aromatic carbocycles. The molecule has 0 unspecified atom stereocenters. The van der Waals surface area contributed by atoms with E-state index in [-0.39, 0.29) is 5.91 Å². The number of ether oxygens (including phenoxy) is 2. The van der Waals surface area contributed by atoms with E-state index in [1.807, 2.05) is 0 Å². The molecule has 1 aromatic heterocycles. The highest BCUT2D eigenvalue weighted by molar-refractivity contribution is 5.76. The first kappa shape index (κ1) is 14.9. The van der Waals surface area contributed by atoms with Gasteiger partial charge in [0.05, 0.1) is 25.8 Å². The lowest BCUT2D eigenvalue weighted by Crippen LogP contribution is -2.56. The van der Waals surface area contributed by atoms with Gasteiger partial charge in [-0.1, -0.05) is 0 Å². The third-order valence-electron chi connectivity index (χ3n) is 3.56.